The Labute approximate surface area is 85.8 Å². The molecule has 0 aromatic heterocycles. The van der Waals surface area contributed by atoms with Crippen LogP contribution in [0.5, 0.6) is 0 Å². The van der Waals surface area contributed by atoms with Crippen molar-refractivity contribution < 1.29 is 31.6 Å². The maximum absolute atomic E-state index is 10.1. The first-order valence-electron chi connectivity index (χ1n) is 3.25. The van der Waals surface area contributed by atoms with Crippen molar-refractivity contribution in [3.8, 4) is 0 Å². The summed E-state index contributed by atoms with van der Waals surface area (Å²) in [5.41, 5.74) is 0.898. The van der Waals surface area contributed by atoms with Gasteiger partial charge in [0, 0.05) is 27.8 Å². The Kier molecular flexibility index (Phi) is 5.34. The number of rotatable bonds is 2. The zero-order chi connectivity index (χ0) is 8.10. The van der Waals surface area contributed by atoms with Crippen LogP contribution in [0.3, 0.4) is 0 Å². The van der Waals surface area contributed by atoms with E-state index in [1.165, 1.54) is 0 Å². The Morgan fingerprint density at radius 3 is 2.33 bits per heavy atom. The molecule has 1 aromatic carbocycles. The van der Waals surface area contributed by atoms with Gasteiger partial charge in [-0.25, -0.2) is 4.79 Å². The van der Waals surface area contributed by atoms with Gasteiger partial charge in [0.1, 0.15) is 0 Å². The smallest absolute Gasteiger partial charge is 0.328 e. The second kappa shape index (κ2) is 5.75. The van der Waals surface area contributed by atoms with Gasteiger partial charge in [0.25, 0.3) is 0 Å². The normalized spacial score (nSPS) is 9.33. The average Bonchev–Trinajstić information content (AvgIpc) is 2.03. The first-order valence-corrected chi connectivity index (χ1v) is 3.25. The molecule has 0 saturated heterocycles. The van der Waals surface area contributed by atoms with E-state index in [9.17, 15) is 4.79 Å². The number of hydrogen-bond acceptors (Lipinski definition) is 1. The van der Waals surface area contributed by atoms with Gasteiger partial charge in [-0.05, 0) is 11.6 Å². The second-order valence-electron chi connectivity index (χ2n) is 2.08. The largest absolute Gasteiger partial charge is 0.478 e. The van der Waals surface area contributed by atoms with E-state index in [0.717, 1.165) is 11.6 Å². The van der Waals surface area contributed by atoms with Crippen LogP contribution >= 0.6 is 0 Å². The number of hydrogen-bond donors (Lipinski definition) is 1. The van der Waals surface area contributed by atoms with Gasteiger partial charge in [-0.15, -0.1) is 0 Å². The first kappa shape index (κ1) is 11.1. The molecule has 0 atom stereocenters. The minimum Gasteiger partial charge on any atom is -0.478 e. The van der Waals surface area contributed by atoms with Gasteiger partial charge in [0.05, 0.1) is 0 Å². The van der Waals surface area contributed by atoms with Crippen LogP contribution in [-0.4, -0.2) is 11.1 Å². The molecule has 0 aliphatic carbocycles. The minimum atomic E-state index is -0.922. The molecule has 3 heteroatoms. The molecule has 0 bridgehead atoms. The van der Waals surface area contributed by atoms with Gasteiger partial charge in [-0.1, -0.05) is 30.3 Å². The minimum absolute atomic E-state index is 0. The Hall–Kier alpha value is -0.856. The number of carbonyl (C=O) groups is 1. The van der Waals surface area contributed by atoms with Crippen LogP contribution < -0.4 is 0 Å². The average molecular weight is 196 g/mol. The van der Waals surface area contributed by atoms with Crippen molar-refractivity contribution in [3.05, 3.63) is 42.0 Å². The maximum Gasteiger partial charge on any atom is 0.328 e. The van der Waals surface area contributed by atoms with E-state index in [1.807, 2.05) is 30.3 Å². The van der Waals surface area contributed by atoms with Gasteiger partial charge in [0.15, 0.2) is 0 Å². The summed E-state index contributed by atoms with van der Waals surface area (Å²) >= 11 is 0. The number of aliphatic carboxylic acids is 1. The molecule has 0 heterocycles. The fraction of sp³-hybridized carbons (Fsp3) is 0. The molecule has 1 N–H and O–H groups in total. The topological polar surface area (TPSA) is 37.3 Å². The van der Waals surface area contributed by atoms with Crippen LogP contribution in [-0.2, 0) is 26.5 Å². The monoisotopic (exact) mass is 196 g/mol. The van der Waals surface area contributed by atoms with Crippen molar-refractivity contribution in [2.75, 3.05) is 0 Å². The quantitative estimate of drug-likeness (QED) is 0.578. The molecule has 1 rings (SSSR count). The number of carboxylic acids is 1. The van der Waals surface area contributed by atoms with Crippen molar-refractivity contribution in [3.63, 3.8) is 0 Å². The zero-order valence-corrected chi connectivity index (χ0v) is 7.96. The fourth-order valence-electron chi connectivity index (χ4n) is 0.732. The van der Waals surface area contributed by atoms with E-state index in [4.69, 9.17) is 5.11 Å². The van der Waals surface area contributed by atoms with Crippen molar-refractivity contribution in [1.29, 1.82) is 0 Å². The summed E-state index contributed by atoms with van der Waals surface area (Å²) in [6.45, 7) is 0. The van der Waals surface area contributed by atoms with Crippen LogP contribution in [0.25, 0.3) is 6.08 Å². The third kappa shape index (κ3) is 4.11. The van der Waals surface area contributed by atoms with Crippen LogP contribution in [0.4, 0.5) is 0 Å². The molecule has 0 amide bonds. The Balaban J connectivity index is 0.00000121. The van der Waals surface area contributed by atoms with Gasteiger partial charge in [0.2, 0.25) is 0 Å². The molecule has 0 radical (unpaired) electrons. The molecule has 1 aromatic rings. The summed E-state index contributed by atoms with van der Waals surface area (Å²) in [6.07, 6.45) is 2.68. The van der Waals surface area contributed by atoms with E-state index in [2.05, 4.69) is 0 Å². The Morgan fingerprint density at radius 1 is 1.25 bits per heavy atom. The van der Waals surface area contributed by atoms with Gasteiger partial charge in [-0.2, -0.15) is 0 Å². The standard InChI is InChI=1S/C9H8O2.Ti/c10-9(11)7-6-8-4-2-1-3-5-8;/h1-7H,(H,10,11);. The van der Waals surface area contributed by atoms with Crippen molar-refractivity contribution in [2.45, 2.75) is 0 Å². The van der Waals surface area contributed by atoms with Crippen molar-refractivity contribution >= 4 is 12.0 Å². The molecular weight excluding hydrogens is 188 g/mol. The molecule has 0 aliphatic rings. The Morgan fingerprint density at radius 2 is 1.83 bits per heavy atom. The second-order valence-corrected chi connectivity index (χ2v) is 2.08. The Bertz CT molecular complexity index is 267. The summed E-state index contributed by atoms with van der Waals surface area (Å²) in [5.74, 6) is -0.922. The predicted molar refractivity (Wildman–Crippen MR) is 43.1 cm³/mol. The van der Waals surface area contributed by atoms with E-state index < -0.39 is 5.97 Å². The van der Waals surface area contributed by atoms with Gasteiger partial charge >= 0.3 is 5.97 Å². The SMILES string of the molecule is O=C(O)C=Cc1ccccc1.[Ti]. The van der Waals surface area contributed by atoms with Gasteiger partial charge < -0.3 is 5.11 Å². The third-order valence-corrected chi connectivity index (χ3v) is 1.22. The van der Waals surface area contributed by atoms with Crippen LogP contribution in [0, 0.1) is 0 Å². The summed E-state index contributed by atoms with van der Waals surface area (Å²) in [5, 5.41) is 8.29. The molecule has 12 heavy (non-hydrogen) atoms. The summed E-state index contributed by atoms with van der Waals surface area (Å²) in [7, 11) is 0. The van der Waals surface area contributed by atoms with E-state index in [0.29, 0.717) is 0 Å². The first-order chi connectivity index (χ1) is 5.29. The zero-order valence-electron chi connectivity index (χ0n) is 6.40. The number of carboxylic acid groups (broad SMARTS) is 1. The fourth-order valence-corrected chi connectivity index (χ4v) is 0.732. The molecule has 60 valence electrons. The maximum atomic E-state index is 10.1. The van der Waals surface area contributed by atoms with Crippen molar-refractivity contribution in [1.82, 2.24) is 0 Å². The van der Waals surface area contributed by atoms with E-state index in [-0.39, 0.29) is 21.7 Å². The molecule has 0 fully saturated rings. The molecule has 0 spiro atoms. The van der Waals surface area contributed by atoms with Crippen LogP contribution in [0.15, 0.2) is 36.4 Å². The van der Waals surface area contributed by atoms with Gasteiger partial charge in [-0.3, -0.25) is 0 Å². The third-order valence-electron chi connectivity index (χ3n) is 1.22. The molecule has 0 aliphatic heterocycles. The van der Waals surface area contributed by atoms with Crippen LogP contribution in [0.1, 0.15) is 5.56 Å². The number of benzene rings is 1. The van der Waals surface area contributed by atoms with Crippen molar-refractivity contribution in [2.24, 2.45) is 0 Å². The molecule has 0 unspecified atom stereocenters. The molecule has 0 saturated carbocycles. The van der Waals surface area contributed by atoms with E-state index >= 15 is 0 Å². The summed E-state index contributed by atoms with van der Waals surface area (Å²) < 4.78 is 0. The van der Waals surface area contributed by atoms with E-state index in [1.54, 1.807) is 6.08 Å². The summed E-state index contributed by atoms with van der Waals surface area (Å²) in [6, 6.07) is 9.31. The van der Waals surface area contributed by atoms with Crippen LogP contribution in [0.2, 0.25) is 0 Å². The molecular formula is C9H8O2Ti. The predicted octanol–water partition coefficient (Wildman–Crippen LogP) is 1.78. The molecule has 2 nitrogen and oxygen atoms in total. The summed E-state index contributed by atoms with van der Waals surface area (Å²) in [4.78, 5) is 10.1.